The van der Waals surface area contributed by atoms with E-state index in [1.54, 1.807) is 6.07 Å². The molecule has 4 nitrogen and oxygen atoms in total. The van der Waals surface area contributed by atoms with Crippen LogP contribution in [0.2, 0.25) is 0 Å². The number of hydrogen-bond acceptors (Lipinski definition) is 3. The molecule has 1 aromatic rings. The number of aliphatic hydroxyl groups excluding tert-OH is 1. The molecule has 1 atom stereocenters. The highest BCUT2D eigenvalue weighted by Gasteiger charge is 2.31. The Kier molecular flexibility index (Phi) is 4.94. The van der Waals surface area contributed by atoms with E-state index in [1.807, 2.05) is 6.92 Å². The molecule has 112 valence electrons. The number of nitrogens with one attached hydrogen (secondary N) is 1. The fraction of sp³-hybridized carbons (Fsp3) is 0.438. The van der Waals surface area contributed by atoms with Gasteiger partial charge in [0.1, 0.15) is 5.82 Å². The normalized spacial score (nSPS) is 20.7. The first-order valence-electron chi connectivity index (χ1n) is 6.84. The van der Waals surface area contributed by atoms with E-state index >= 15 is 0 Å². The summed E-state index contributed by atoms with van der Waals surface area (Å²) in [4.78, 5) is 12.1. The summed E-state index contributed by atoms with van der Waals surface area (Å²) in [6.07, 6.45) is 1.03. The Morgan fingerprint density at radius 3 is 3.00 bits per heavy atom. The van der Waals surface area contributed by atoms with Crippen LogP contribution < -0.4 is 5.32 Å². The van der Waals surface area contributed by atoms with Crippen molar-refractivity contribution in [2.45, 2.75) is 25.3 Å². The summed E-state index contributed by atoms with van der Waals surface area (Å²) >= 11 is 0. The van der Waals surface area contributed by atoms with Crippen LogP contribution in [0.15, 0.2) is 18.2 Å². The van der Waals surface area contributed by atoms with Gasteiger partial charge in [-0.05, 0) is 31.5 Å². The number of rotatable bonds is 3. The van der Waals surface area contributed by atoms with Gasteiger partial charge in [-0.1, -0.05) is 11.8 Å². The van der Waals surface area contributed by atoms with E-state index in [0.29, 0.717) is 19.6 Å². The lowest BCUT2D eigenvalue weighted by Gasteiger charge is -2.23. The Morgan fingerprint density at radius 1 is 1.57 bits per heavy atom. The van der Waals surface area contributed by atoms with Gasteiger partial charge in [-0.2, -0.15) is 0 Å². The van der Waals surface area contributed by atoms with Crippen LogP contribution in [0.4, 0.5) is 4.39 Å². The molecular formula is C16H18FNO3. The maximum atomic E-state index is 13.9. The van der Waals surface area contributed by atoms with Crippen LogP contribution in [0.5, 0.6) is 0 Å². The Labute approximate surface area is 123 Å². The van der Waals surface area contributed by atoms with Gasteiger partial charge in [0, 0.05) is 18.6 Å². The second kappa shape index (κ2) is 6.70. The summed E-state index contributed by atoms with van der Waals surface area (Å²) < 4.78 is 19.1. The molecule has 1 unspecified atom stereocenters. The van der Waals surface area contributed by atoms with E-state index in [1.165, 1.54) is 12.1 Å². The molecular weight excluding hydrogens is 273 g/mol. The molecule has 0 spiro atoms. The maximum absolute atomic E-state index is 13.9. The third kappa shape index (κ3) is 4.03. The first-order valence-corrected chi connectivity index (χ1v) is 6.84. The predicted molar refractivity (Wildman–Crippen MR) is 76.3 cm³/mol. The molecule has 1 aliphatic heterocycles. The van der Waals surface area contributed by atoms with Gasteiger partial charge < -0.3 is 15.2 Å². The van der Waals surface area contributed by atoms with E-state index in [9.17, 15) is 9.18 Å². The summed E-state index contributed by atoms with van der Waals surface area (Å²) in [5.74, 6) is 4.41. The average Bonchev–Trinajstić information content (AvgIpc) is 2.87. The van der Waals surface area contributed by atoms with E-state index in [-0.39, 0.29) is 23.6 Å². The third-order valence-electron chi connectivity index (χ3n) is 3.33. The molecule has 0 saturated carbocycles. The van der Waals surface area contributed by atoms with Crippen LogP contribution in [0.3, 0.4) is 0 Å². The highest BCUT2D eigenvalue weighted by molar-refractivity contribution is 5.94. The molecule has 0 aliphatic carbocycles. The second-order valence-electron chi connectivity index (χ2n) is 5.29. The van der Waals surface area contributed by atoms with Gasteiger partial charge in [0.05, 0.1) is 24.3 Å². The molecule has 0 bridgehead atoms. The minimum Gasteiger partial charge on any atom is -0.395 e. The van der Waals surface area contributed by atoms with Crippen molar-refractivity contribution < 1.29 is 19.0 Å². The largest absolute Gasteiger partial charge is 0.395 e. The SMILES string of the molecule is CC1(NC(=O)c2ccc(C#CCCO)c(F)c2)CCOC1. The smallest absolute Gasteiger partial charge is 0.251 e. The molecule has 5 heteroatoms. The molecule has 1 amide bonds. The summed E-state index contributed by atoms with van der Waals surface area (Å²) in [6, 6.07) is 4.19. The van der Waals surface area contributed by atoms with Crippen molar-refractivity contribution in [2.75, 3.05) is 19.8 Å². The van der Waals surface area contributed by atoms with Gasteiger partial charge in [0.25, 0.3) is 5.91 Å². The molecule has 21 heavy (non-hydrogen) atoms. The zero-order valence-electron chi connectivity index (χ0n) is 11.9. The van der Waals surface area contributed by atoms with Gasteiger partial charge >= 0.3 is 0 Å². The number of aliphatic hydroxyl groups is 1. The Balaban J connectivity index is 2.09. The minimum atomic E-state index is -0.541. The van der Waals surface area contributed by atoms with Crippen molar-refractivity contribution in [2.24, 2.45) is 0 Å². The number of benzene rings is 1. The van der Waals surface area contributed by atoms with Gasteiger partial charge in [-0.25, -0.2) is 4.39 Å². The number of halogens is 1. The van der Waals surface area contributed by atoms with Gasteiger partial charge in [0.2, 0.25) is 0 Å². The van der Waals surface area contributed by atoms with Crippen molar-refractivity contribution in [1.82, 2.24) is 5.32 Å². The first kappa shape index (κ1) is 15.5. The number of carbonyl (C=O) groups excluding carboxylic acids is 1. The molecule has 2 rings (SSSR count). The molecule has 1 fully saturated rings. The molecule has 2 N–H and O–H groups in total. The molecule has 0 radical (unpaired) electrons. The Bertz CT molecular complexity index is 583. The highest BCUT2D eigenvalue weighted by atomic mass is 19.1. The van der Waals surface area contributed by atoms with Crippen molar-refractivity contribution in [3.05, 3.63) is 35.1 Å². The monoisotopic (exact) mass is 291 g/mol. The quantitative estimate of drug-likeness (QED) is 0.829. The number of amides is 1. The Morgan fingerprint density at radius 2 is 2.38 bits per heavy atom. The van der Waals surface area contributed by atoms with Crippen molar-refractivity contribution in [3.8, 4) is 11.8 Å². The zero-order valence-corrected chi connectivity index (χ0v) is 11.9. The minimum absolute atomic E-state index is 0.0598. The maximum Gasteiger partial charge on any atom is 0.251 e. The first-order chi connectivity index (χ1) is 10.0. The molecule has 1 aliphatic rings. The second-order valence-corrected chi connectivity index (χ2v) is 5.29. The van der Waals surface area contributed by atoms with E-state index in [0.717, 1.165) is 6.42 Å². The van der Waals surface area contributed by atoms with E-state index in [2.05, 4.69) is 17.2 Å². The lowest BCUT2D eigenvalue weighted by molar-refractivity contribution is 0.0889. The lowest BCUT2D eigenvalue weighted by atomic mass is 10.0. The van der Waals surface area contributed by atoms with E-state index < -0.39 is 11.4 Å². The molecule has 0 aromatic heterocycles. The summed E-state index contributed by atoms with van der Waals surface area (Å²) in [5.41, 5.74) is 0.0800. The summed E-state index contributed by atoms with van der Waals surface area (Å²) in [6.45, 7) is 2.93. The van der Waals surface area contributed by atoms with Crippen molar-refractivity contribution in [3.63, 3.8) is 0 Å². The van der Waals surface area contributed by atoms with E-state index in [4.69, 9.17) is 9.84 Å². The van der Waals surface area contributed by atoms with Crippen LogP contribution in [0, 0.1) is 17.7 Å². The van der Waals surface area contributed by atoms with Crippen LogP contribution in [0.25, 0.3) is 0 Å². The number of hydrogen-bond donors (Lipinski definition) is 2. The lowest BCUT2D eigenvalue weighted by Crippen LogP contribution is -2.46. The van der Waals surface area contributed by atoms with Crippen molar-refractivity contribution in [1.29, 1.82) is 0 Å². The third-order valence-corrected chi connectivity index (χ3v) is 3.33. The fourth-order valence-corrected chi connectivity index (χ4v) is 2.08. The average molecular weight is 291 g/mol. The van der Waals surface area contributed by atoms with Crippen LogP contribution in [-0.4, -0.2) is 36.4 Å². The van der Waals surface area contributed by atoms with Gasteiger partial charge in [-0.15, -0.1) is 0 Å². The highest BCUT2D eigenvalue weighted by Crippen LogP contribution is 2.18. The summed E-state index contributed by atoms with van der Waals surface area (Å²) in [7, 11) is 0. The van der Waals surface area contributed by atoms with Gasteiger partial charge in [0.15, 0.2) is 0 Å². The van der Waals surface area contributed by atoms with Crippen LogP contribution in [-0.2, 0) is 4.74 Å². The predicted octanol–water partition coefficient (Wildman–Crippen LogP) is 1.47. The molecule has 1 heterocycles. The molecule has 1 saturated heterocycles. The van der Waals surface area contributed by atoms with Crippen molar-refractivity contribution >= 4 is 5.91 Å². The Hall–Kier alpha value is -1.90. The standard InChI is InChI=1S/C16H18FNO3/c1-16(7-9-21-11-16)18-15(20)13-6-5-12(14(17)10-13)4-2-3-8-19/h5-6,10,19H,3,7-9,11H2,1H3,(H,18,20). The van der Waals surface area contributed by atoms with Gasteiger partial charge in [-0.3, -0.25) is 4.79 Å². The van der Waals surface area contributed by atoms with Crippen LogP contribution >= 0.6 is 0 Å². The summed E-state index contributed by atoms with van der Waals surface area (Å²) in [5, 5.41) is 11.5. The topological polar surface area (TPSA) is 58.6 Å². The molecule has 1 aromatic carbocycles. The zero-order chi connectivity index (χ0) is 15.3. The fourth-order valence-electron chi connectivity index (χ4n) is 2.08. The number of carbonyl (C=O) groups is 1. The number of ether oxygens (including phenoxy) is 1. The van der Waals surface area contributed by atoms with Crippen LogP contribution in [0.1, 0.15) is 35.7 Å².